The summed E-state index contributed by atoms with van der Waals surface area (Å²) in [4.78, 5) is 6.04. The van der Waals surface area contributed by atoms with Crippen LogP contribution in [0.25, 0.3) is 0 Å². The van der Waals surface area contributed by atoms with E-state index in [1.54, 1.807) is 11.8 Å². The highest BCUT2D eigenvalue weighted by Crippen LogP contribution is 2.20. The molecule has 3 nitrogen and oxygen atoms in total. The Hall–Kier alpha value is -1.49. The van der Waals surface area contributed by atoms with Crippen molar-refractivity contribution in [3.8, 4) is 0 Å². The second kappa shape index (κ2) is 8.56. The maximum atomic E-state index is 10.3. The third-order valence-electron chi connectivity index (χ3n) is 4.39. The minimum Gasteiger partial charge on any atom is -0.391 e. The third-order valence-corrected chi connectivity index (χ3v) is 5.53. The van der Waals surface area contributed by atoms with Gasteiger partial charge in [-0.1, -0.05) is 35.9 Å². The molecular formula is C20H26N2OS. The number of anilines is 1. The van der Waals surface area contributed by atoms with Gasteiger partial charge in [0.1, 0.15) is 0 Å². The van der Waals surface area contributed by atoms with Gasteiger partial charge in [0.05, 0.1) is 6.10 Å². The van der Waals surface area contributed by atoms with Crippen molar-refractivity contribution in [2.75, 3.05) is 43.4 Å². The normalized spacial score (nSPS) is 17.0. The number of piperazine rings is 1. The van der Waals surface area contributed by atoms with Crippen LogP contribution in [0, 0.1) is 6.92 Å². The quantitative estimate of drug-likeness (QED) is 0.815. The highest BCUT2D eigenvalue weighted by molar-refractivity contribution is 7.99. The van der Waals surface area contributed by atoms with Crippen LogP contribution < -0.4 is 4.90 Å². The monoisotopic (exact) mass is 342 g/mol. The summed E-state index contributed by atoms with van der Waals surface area (Å²) in [5.74, 6) is 0.752. The van der Waals surface area contributed by atoms with Crippen molar-refractivity contribution in [2.24, 2.45) is 0 Å². The Morgan fingerprint density at radius 2 is 1.75 bits per heavy atom. The van der Waals surface area contributed by atoms with Crippen LogP contribution in [0.1, 0.15) is 5.56 Å². The molecule has 24 heavy (non-hydrogen) atoms. The first kappa shape index (κ1) is 17.3. The Morgan fingerprint density at radius 1 is 1.00 bits per heavy atom. The van der Waals surface area contributed by atoms with Crippen LogP contribution in [0.2, 0.25) is 0 Å². The summed E-state index contributed by atoms with van der Waals surface area (Å²) in [5, 5.41) is 10.3. The summed E-state index contributed by atoms with van der Waals surface area (Å²) >= 11 is 1.74. The van der Waals surface area contributed by atoms with E-state index in [4.69, 9.17) is 0 Å². The van der Waals surface area contributed by atoms with Gasteiger partial charge in [-0.2, -0.15) is 0 Å². The molecule has 0 spiro atoms. The van der Waals surface area contributed by atoms with Gasteiger partial charge in [-0.05, 0) is 31.2 Å². The van der Waals surface area contributed by atoms with Crippen LogP contribution in [-0.2, 0) is 0 Å². The van der Waals surface area contributed by atoms with Crippen LogP contribution in [0.4, 0.5) is 5.69 Å². The Kier molecular flexibility index (Phi) is 6.18. The van der Waals surface area contributed by atoms with Crippen molar-refractivity contribution < 1.29 is 5.11 Å². The van der Waals surface area contributed by atoms with Crippen LogP contribution >= 0.6 is 11.8 Å². The van der Waals surface area contributed by atoms with E-state index in [0.29, 0.717) is 0 Å². The maximum absolute atomic E-state index is 10.3. The summed E-state index contributed by atoms with van der Waals surface area (Å²) in [6.45, 7) is 6.96. The third kappa shape index (κ3) is 5.00. The first-order valence-corrected chi connectivity index (χ1v) is 9.59. The lowest BCUT2D eigenvalue weighted by Crippen LogP contribution is -2.48. The maximum Gasteiger partial charge on any atom is 0.0760 e. The number of nitrogens with zero attached hydrogens (tertiary/aromatic N) is 2. The molecule has 0 amide bonds. The van der Waals surface area contributed by atoms with Gasteiger partial charge < -0.3 is 10.0 Å². The van der Waals surface area contributed by atoms with E-state index in [-0.39, 0.29) is 6.10 Å². The van der Waals surface area contributed by atoms with Crippen molar-refractivity contribution in [1.29, 1.82) is 0 Å². The fraction of sp³-hybridized carbons (Fsp3) is 0.400. The molecule has 0 aromatic heterocycles. The predicted molar refractivity (Wildman–Crippen MR) is 103 cm³/mol. The van der Waals surface area contributed by atoms with Gasteiger partial charge in [0.15, 0.2) is 0 Å². The van der Waals surface area contributed by atoms with Gasteiger partial charge in [-0.25, -0.2) is 0 Å². The Balaban J connectivity index is 1.41. The Morgan fingerprint density at radius 3 is 2.46 bits per heavy atom. The van der Waals surface area contributed by atoms with E-state index >= 15 is 0 Å². The average Bonchev–Trinajstić information content (AvgIpc) is 2.61. The molecule has 0 unspecified atom stereocenters. The topological polar surface area (TPSA) is 26.7 Å². The van der Waals surface area contributed by atoms with E-state index in [0.717, 1.165) is 38.5 Å². The number of para-hydroxylation sites is 1. The molecule has 1 saturated heterocycles. The largest absolute Gasteiger partial charge is 0.391 e. The highest BCUT2D eigenvalue weighted by atomic mass is 32.2. The van der Waals surface area contributed by atoms with Crippen molar-refractivity contribution in [2.45, 2.75) is 17.9 Å². The van der Waals surface area contributed by atoms with E-state index in [1.807, 2.05) is 0 Å². The lowest BCUT2D eigenvalue weighted by atomic mass is 10.2. The van der Waals surface area contributed by atoms with Crippen molar-refractivity contribution >= 4 is 17.4 Å². The van der Waals surface area contributed by atoms with Crippen molar-refractivity contribution in [3.05, 3.63) is 60.2 Å². The van der Waals surface area contributed by atoms with Gasteiger partial charge in [0.25, 0.3) is 0 Å². The molecule has 3 rings (SSSR count). The summed E-state index contributed by atoms with van der Waals surface area (Å²) in [6.07, 6.45) is -0.279. The zero-order valence-corrected chi connectivity index (χ0v) is 15.1. The number of aliphatic hydroxyl groups is 1. The second-order valence-corrected chi connectivity index (χ2v) is 7.50. The molecule has 4 heteroatoms. The van der Waals surface area contributed by atoms with Crippen molar-refractivity contribution in [3.63, 3.8) is 0 Å². The van der Waals surface area contributed by atoms with E-state index in [1.165, 1.54) is 16.1 Å². The molecular weight excluding hydrogens is 316 g/mol. The van der Waals surface area contributed by atoms with Crippen molar-refractivity contribution in [1.82, 2.24) is 4.90 Å². The van der Waals surface area contributed by atoms with Gasteiger partial charge in [-0.15, -0.1) is 11.8 Å². The number of hydrogen-bond donors (Lipinski definition) is 1. The zero-order chi connectivity index (χ0) is 16.8. The minimum absolute atomic E-state index is 0.279. The SMILES string of the molecule is Cc1cccc(SC[C@@H](O)CN2CCN(c3ccccc3)CC2)c1. The van der Waals surface area contributed by atoms with Crippen LogP contribution in [0.5, 0.6) is 0 Å². The standard InChI is InChI=1S/C20H26N2OS/c1-17-6-5-9-20(14-17)24-16-19(23)15-21-10-12-22(13-11-21)18-7-3-2-4-8-18/h2-9,14,19,23H,10-13,15-16H2,1H3/t19-/m0/s1. The molecule has 1 N–H and O–H groups in total. The van der Waals surface area contributed by atoms with Crippen LogP contribution in [0.15, 0.2) is 59.5 Å². The lowest BCUT2D eigenvalue weighted by Gasteiger charge is -2.36. The molecule has 128 valence electrons. The minimum atomic E-state index is -0.279. The molecule has 0 aliphatic carbocycles. The van der Waals surface area contributed by atoms with Gasteiger partial charge in [0, 0.05) is 49.1 Å². The van der Waals surface area contributed by atoms with Gasteiger partial charge in [-0.3, -0.25) is 4.90 Å². The number of β-amino-alcohol motifs (C(OH)–C–C–N with tert-alkyl or cyclic N) is 1. The molecule has 0 radical (unpaired) electrons. The smallest absolute Gasteiger partial charge is 0.0760 e. The number of thioether (sulfide) groups is 1. The first-order valence-electron chi connectivity index (χ1n) is 8.60. The van der Waals surface area contributed by atoms with E-state index in [2.05, 4.69) is 71.3 Å². The molecule has 1 heterocycles. The van der Waals surface area contributed by atoms with Crippen LogP contribution in [0.3, 0.4) is 0 Å². The van der Waals surface area contributed by atoms with Gasteiger partial charge >= 0.3 is 0 Å². The molecule has 2 aromatic carbocycles. The summed E-state index contributed by atoms with van der Waals surface area (Å²) in [5.41, 5.74) is 2.57. The molecule has 1 aliphatic rings. The molecule has 0 saturated carbocycles. The predicted octanol–water partition coefficient (Wildman–Crippen LogP) is 3.27. The molecule has 2 aromatic rings. The number of benzene rings is 2. The average molecular weight is 343 g/mol. The molecule has 1 atom stereocenters. The first-order chi connectivity index (χ1) is 11.7. The molecule has 1 fully saturated rings. The molecule has 1 aliphatic heterocycles. The fourth-order valence-electron chi connectivity index (χ4n) is 3.08. The fourth-order valence-corrected chi connectivity index (χ4v) is 4.01. The highest BCUT2D eigenvalue weighted by Gasteiger charge is 2.19. The number of aliphatic hydroxyl groups excluding tert-OH is 1. The number of hydrogen-bond acceptors (Lipinski definition) is 4. The Bertz CT molecular complexity index is 627. The zero-order valence-electron chi connectivity index (χ0n) is 14.3. The molecule has 0 bridgehead atoms. The van der Waals surface area contributed by atoms with Crippen LogP contribution in [-0.4, -0.2) is 54.6 Å². The summed E-state index contributed by atoms with van der Waals surface area (Å²) in [6, 6.07) is 19.1. The van der Waals surface area contributed by atoms with Gasteiger partial charge in [0.2, 0.25) is 0 Å². The number of rotatable bonds is 6. The lowest BCUT2D eigenvalue weighted by molar-refractivity contribution is 0.126. The number of aryl methyl sites for hydroxylation is 1. The van der Waals surface area contributed by atoms with E-state index < -0.39 is 0 Å². The summed E-state index contributed by atoms with van der Waals surface area (Å²) in [7, 11) is 0. The van der Waals surface area contributed by atoms with E-state index in [9.17, 15) is 5.11 Å². The Labute approximate surface area is 149 Å². The summed E-state index contributed by atoms with van der Waals surface area (Å²) < 4.78 is 0. The second-order valence-electron chi connectivity index (χ2n) is 6.40.